The van der Waals surface area contributed by atoms with Gasteiger partial charge in [0.1, 0.15) is 0 Å². The average molecular weight is 897 g/mol. The summed E-state index contributed by atoms with van der Waals surface area (Å²) < 4.78 is 84.9. The Morgan fingerprint density at radius 3 is 0.968 bits per heavy atom. The molecule has 0 radical (unpaired) electrons. The summed E-state index contributed by atoms with van der Waals surface area (Å²) in [5, 5.41) is 0. The van der Waals surface area contributed by atoms with E-state index in [-0.39, 0.29) is 96.0 Å². The van der Waals surface area contributed by atoms with Gasteiger partial charge in [-0.05, 0) is 170 Å². The molecule has 0 heterocycles. The van der Waals surface area contributed by atoms with E-state index in [2.05, 4.69) is 97.1 Å². The Labute approximate surface area is 413 Å². The van der Waals surface area contributed by atoms with Crippen LogP contribution in [0.4, 0.5) is 0 Å². The van der Waals surface area contributed by atoms with Crippen molar-refractivity contribution in [1.29, 1.82) is 0 Å². The summed E-state index contributed by atoms with van der Waals surface area (Å²) in [6.45, 7) is -0.262. The molecule has 4 aromatic carbocycles. The molecule has 4 aromatic rings. The van der Waals surface area contributed by atoms with Crippen molar-refractivity contribution in [2.45, 2.75) is 41.9 Å². The molecule has 14 aliphatic rings. The van der Waals surface area contributed by atoms with Crippen LogP contribution in [0.25, 0.3) is 0 Å². The van der Waals surface area contributed by atoms with Gasteiger partial charge in [0, 0.05) is 22.7 Å². The van der Waals surface area contributed by atoms with E-state index >= 15 is 0 Å². The van der Waals surface area contributed by atoms with Gasteiger partial charge in [-0.1, -0.05) is 97.1 Å². The van der Waals surface area contributed by atoms with Crippen LogP contribution in [0.2, 0.25) is 0 Å². The Bertz CT molecular complexity index is 2640. The minimum atomic E-state index is -4.91. The zero-order valence-corrected chi connectivity index (χ0v) is 41.0. The van der Waals surface area contributed by atoms with Crippen molar-refractivity contribution in [3.8, 4) is 0 Å². The summed E-state index contributed by atoms with van der Waals surface area (Å²) in [5.74, 6) is 11.1. The van der Waals surface area contributed by atoms with Gasteiger partial charge in [-0.3, -0.25) is 8.37 Å². The van der Waals surface area contributed by atoms with Crippen LogP contribution in [0.1, 0.15) is 75.6 Å². The van der Waals surface area contributed by atoms with E-state index in [4.69, 9.17) is 8.37 Å². The topological polar surface area (TPSA) is 133 Å². The normalized spacial score (nSPS) is 48.3. The number of benzene rings is 4. The van der Waals surface area contributed by atoms with E-state index in [9.17, 15) is 25.9 Å². The van der Waals surface area contributed by atoms with Gasteiger partial charge in [-0.2, -0.15) is 0 Å². The maximum atomic E-state index is 12.3. The molecule has 18 rings (SSSR count). The average Bonchev–Trinajstić information content (AvgIpc) is 4.07. The molecule has 2 unspecified atom stereocenters. The molecule has 8 saturated carbocycles. The summed E-state index contributed by atoms with van der Waals surface area (Å²) in [7, 11) is -9.83. The Balaban J connectivity index is 0.00000193. The molecule has 63 heavy (non-hydrogen) atoms. The number of fused-ring (bicyclic) bond motifs is 22. The van der Waals surface area contributed by atoms with Crippen LogP contribution in [0, 0.1) is 107 Å². The van der Waals surface area contributed by atoms with Crippen molar-refractivity contribution in [3.05, 3.63) is 142 Å². The molecule has 8 nitrogen and oxygen atoms in total. The second-order valence-electron chi connectivity index (χ2n) is 22.1. The van der Waals surface area contributed by atoms with E-state index in [1.54, 1.807) is 0 Å². The number of hydrogen-bond acceptors (Lipinski definition) is 8. The maximum absolute atomic E-state index is 12.3. The molecule has 0 amide bonds. The standard InChI is InChI=1S/C51H48O8S2.2Na/c52-60(53,54)58-20-50-32-13-5-1-9-22(32)36(23-10-2-6-14-33(23)50)46-28-18-30(48(46)50)44-40-27-17-26(38(40)42(28)44)39-41(27)45-31-19-29(43(39)45)47-37-24-11-3-7-15-34(24)51(49(31)47,21-59-61(55,56)57)35-16-8-4-12-25(35)37;;/h1-16,26-31,36-49H,17-21H2,(H,52,53,54)(H,55,56,57);;/q;2*+1/p-2/t26?,27?,28-,29+,30+,31-,36?,37?,38+,39-,40-,41+,42-,43+,44+,45-,46+,47-,48+,49-,50?,51?;;. The zero-order valence-electron chi connectivity index (χ0n) is 35.4. The first-order chi connectivity index (χ1) is 29.5. The third kappa shape index (κ3) is 4.44. The first-order valence-electron chi connectivity index (χ1n) is 23.1. The van der Waals surface area contributed by atoms with Crippen molar-refractivity contribution in [3.63, 3.8) is 0 Å². The fraction of sp³-hybridized carbons (Fsp3) is 0.529. The van der Waals surface area contributed by atoms with Crippen molar-refractivity contribution in [1.82, 2.24) is 0 Å². The van der Waals surface area contributed by atoms with Gasteiger partial charge in [0.05, 0.1) is 13.2 Å². The van der Waals surface area contributed by atoms with E-state index in [1.807, 2.05) is 0 Å². The van der Waals surface area contributed by atoms with Gasteiger partial charge in [0.15, 0.2) is 0 Å². The van der Waals surface area contributed by atoms with Gasteiger partial charge in [-0.25, -0.2) is 16.8 Å². The summed E-state index contributed by atoms with van der Waals surface area (Å²) in [5.41, 5.74) is 8.55. The first kappa shape index (κ1) is 40.7. The van der Waals surface area contributed by atoms with Crippen molar-refractivity contribution >= 4 is 20.8 Å². The second-order valence-corrected chi connectivity index (χ2v) is 24.2. The van der Waals surface area contributed by atoms with Gasteiger partial charge in [0.25, 0.3) is 0 Å². The molecule has 12 heteroatoms. The van der Waals surface area contributed by atoms with E-state index in [0.29, 0.717) is 65.1 Å². The predicted octanol–water partition coefficient (Wildman–Crippen LogP) is 1.21. The van der Waals surface area contributed by atoms with E-state index < -0.39 is 31.6 Å². The molecule has 312 valence electrons. The SMILES string of the molecule is O=S(=O)([O-])OCC12c3ccccc3C(c3ccccc31)[C@H]1[C@H]3C[C@H]([C@@H]4[C@H]5C6CC([C@H]5[C@H]34)[C@H]3[C@@H]6[C@@H]4[C@@H]5C[C@@H]([C@H]6C7c8ccccc8C(COS(=O)(=O)[O-])(c8ccccc87)[C@@H]56)[C@H]34)[C@H]12.[Na+].[Na+]. The summed E-state index contributed by atoms with van der Waals surface area (Å²) in [4.78, 5) is 0. The molecular formula is C51H46Na2O8S2. The second kappa shape index (κ2) is 12.8. The molecule has 0 aliphatic heterocycles. The van der Waals surface area contributed by atoms with Crippen LogP contribution in [0.3, 0.4) is 0 Å². The molecule has 0 saturated heterocycles. The maximum Gasteiger partial charge on any atom is 1.00 e. The van der Waals surface area contributed by atoms with E-state index in [1.165, 1.54) is 63.8 Å². The van der Waals surface area contributed by atoms with Crippen LogP contribution in [0.15, 0.2) is 97.1 Å². The molecule has 14 aliphatic carbocycles. The van der Waals surface area contributed by atoms with Crippen LogP contribution in [-0.2, 0) is 40.0 Å². The van der Waals surface area contributed by atoms with Crippen LogP contribution < -0.4 is 59.1 Å². The molecule has 10 bridgehead atoms. The Morgan fingerprint density at radius 2 is 0.667 bits per heavy atom. The smallest absolute Gasteiger partial charge is 0.726 e. The molecular weight excluding hydrogens is 851 g/mol. The molecule has 0 aromatic heterocycles. The number of rotatable bonds is 6. The van der Waals surface area contributed by atoms with Crippen molar-refractivity contribution in [2.75, 3.05) is 13.2 Å². The molecule has 0 N–H and O–H groups in total. The monoisotopic (exact) mass is 896 g/mol. The summed E-state index contributed by atoms with van der Waals surface area (Å²) in [6, 6.07) is 34.7. The van der Waals surface area contributed by atoms with Crippen LogP contribution in [0.5, 0.6) is 0 Å². The fourth-order valence-corrected chi connectivity index (χ4v) is 22.4. The van der Waals surface area contributed by atoms with Crippen LogP contribution >= 0.6 is 0 Å². The largest absolute Gasteiger partial charge is 1.00 e. The first-order valence-corrected chi connectivity index (χ1v) is 25.8. The minimum absolute atomic E-state index is 0. The predicted molar refractivity (Wildman–Crippen MR) is 219 cm³/mol. The summed E-state index contributed by atoms with van der Waals surface area (Å²) >= 11 is 0. The van der Waals surface area contributed by atoms with Gasteiger partial charge in [-0.15, -0.1) is 0 Å². The Hall–Kier alpha value is -1.38. The Kier molecular flexibility index (Phi) is 8.28. The third-order valence-corrected chi connectivity index (χ3v) is 22.6. The van der Waals surface area contributed by atoms with E-state index in [0.717, 1.165) is 29.6 Å². The Morgan fingerprint density at radius 1 is 0.413 bits per heavy atom. The molecule has 8 fully saturated rings. The molecule has 18 atom stereocenters. The zero-order chi connectivity index (χ0) is 40.4. The van der Waals surface area contributed by atoms with Gasteiger partial charge >= 0.3 is 59.1 Å². The van der Waals surface area contributed by atoms with Crippen LogP contribution in [-0.4, -0.2) is 39.2 Å². The number of hydrogen-bond donors (Lipinski definition) is 0. The van der Waals surface area contributed by atoms with Crippen molar-refractivity contribution in [2.24, 2.45) is 107 Å². The minimum Gasteiger partial charge on any atom is -0.726 e. The third-order valence-electron chi connectivity index (χ3n) is 21.8. The molecule has 0 spiro atoms. The van der Waals surface area contributed by atoms with Gasteiger partial charge < -0.3 is 9.11 Å². The fourth-order valence-electron chi connectivity index (χ4n) is 21.7. The summed E-state index contributed by atoms with van der Waals surface area (Å²) in [6.07, 6.45) is 3.73. The van der Waals surface area contributed by atoms with Crippen molar-refractivity contribution < 1.29 is 93.4 Å². The van der Waals surface area contributed by atoms with Gasteiger partial charge in [0.2, 0.25) is 20.8 Å². The quantitative estimate of drug-likeness (QED) is 0.122.